The second kappa shape index (κ2) is 9.31. The van der Waals surface area contributed by atoms with E-state index < -0.39 is 0 Å². The van der Waals surface area contributed by atoms with Gasteiger partial charge in [-0.3, -0.25) is 0 Å². The number of hydrogen-bond acceptors (Lipinski definition) is 1. The Morgan fingerprint density at radius 2 is 1.56 bits per heavy atom. The summed E-state index contributed by atoms with van der Waals surface area (Å²) >= 11 is 0. The van der Waals surface area contributed by atoms with Gasteiger partial charge in [-0.05, 0) is 52.4 Å². The average Bonchev–Trinajstić information content (AvgIpc) is 3.35. The first-order valence-electron chi connectivity index (χ1n) is 14.5. The van der Waals surface area contributed by atoms with Crippen molar-refractivity contribution in [3.05, 3.63) is 150 Å². The minimum atomic E-state index is 0.446. The molecule has 3 aromatic rings. The molecule has 3 aliphatic carbocycles. The molecule has 5 aliphatic rings. The lowest BCUT2D eigenvalue weighted by Crippen LogP contribution is -2.36. The van der Waals surface area contributed by atoms with Crippen molar-refractivity contribution in [3.8, 4) is 11.1 Å². The Balaban J connectivity index is 1.19. The molecule has 8 rings (SSSR count). The highest BCUT2D eigenvalue weighted by Gasteiger charge is 2.45. The maximum absolute atomic E-state index is 2.65. The van der Waals surface area contributed by atoms with Crippen LogP contribution in [0.15, 0.2) is 139 Å². The van der Waals surface area contributed by atoms with E-state index in [0.717, 1.165) is 6.42 Å². The van der Waals surface area contributed by atoms with E-state index in [0.29, 0.717) is 29.7 Å². The minimum Gasteiger partial charge on any atom is -0.337 e. The van der Waals surface area contributed by atoms with Crippen molar-refractivity contribution in [1.82, 2.24) is 0 Å². The number of nitrogens with zero attached hydrogens (tertiary/aromatic N) is 1. The monoisotopic (exact) mass is 501 g/mol. The third-order valence-corrected chi connectivity index (χ3v) is 9.45. The van der Waals surface area contributed by atoms with Crippen LogP contribution in [0.25, 0.3) is 16.7 Å². The van der Waals surface area contributed by atoms with Crippen molar-refractivity contribution in [2.24, 2.45) is 17.8 Å². The largest absolute Gasteiger partial charge is 0.337 e. The lowest BCUT2D eigenvalue weighted by molar-refractivity contribution is 0.460. The number of hydrogen-bond donors (Lipinski definition) is 0. The molecule has 0 fully saturated rings. The number of rotatable bonds is 3. The van der Waals surface area contributed by atoms with Crippen LogP contribution in [0, 0.1) is 17.8 Å². The molecule has 0 saturated carbocycles. The maximum Gasteiger partial charge on any atom is 0.151 e. The molecule has 0 amide bonds. The molecule has 5 unspecified atom stereocenters. The van der Waals surface area contributed by atoms with Crippen molar-refractivity contribution in [3.63, 3.8) is 0 Å². The molecule has 2 aliphatic heterocycles. The Bertz CT molecular complexity index is 1600. The van der Waals surface area contributed by atoms with Gasteiger partial charge in [-0.1, -0.05) is 121 Å². The Hall–Kier alpha value is -4.04. The average molecular weight is 501 g/mol. The van der Waals surface area contributed by atoms with Gasteiger partial charge < -0.3 is 4.90 Å². The normalized spacial score (nSPS) is 27.6. The van der Waals surface area contributed by atoms with Gasteiger partial charge in [0.25, 0.3) is 0 Å². The SMILES string of the molecule is B1C=CC2C(=CCC3C2c2ccc(-c4ccccc4)cc2N3c2ccc(C3=CC4C=CC=CC4C=C3)cc2)C1. The zero-order valence-electron chi connectivity index (χ0n) is 22.2. The van der Waals surface area contributed by atoms with Gasteiger partial charge in [0.2, 0.25) is 0 Å². The molecule has 0 spiro atoms. The quantitative estimate of drug-likeness (QED) is 0.257. The van der Waals surface area contributed by atoms with Crippen LogP contribution >= 0.6 is 0 Å². The van der Waals surface area contributed by atoms with Gasteiger partial charge in [0.15, 0.2) is 7.28 Å². The number of fused-ring (bicyclic) bond motifs is 6. The van der Waals surface area contributed by atoms with E-state index in [2.05, 4.69) is 138 Å². The van der Waals surface area contributed by atoms with E-state index in [1.54, 1.807) is 5.57 Å². The molecule has 188 valence electrons. The van der Waals surface area contributed by atoms with Crippen molar-refractivity contribution >= 4 is 24.2 Å². The van der Waals surface area contributed by atoms with Gasteiger partial charge in [-0.15, -0.1) is 5.98 Å². The van der Waals surface area contributed by atoms with Gasteiger partial charge in [-0.25, -0.2) is 0 Å². The summed E-state index contributed by atoms with van der Waals surface area (Å²) in [6.07, 6.45) is 23.4. The van der Waals surface area contributed by atoms with Gasteiger partial charge in [0, 0.05) is 41.1 Å². The summed E-state index contributed by atoms with van der Waals surface area (Å²) in [6.45, 7) is 0. The van der Waals surface area contributed by atoms with Crippen molar-refractivity contribution < 1.29 is 0 Å². The highest BCUT2D eigenvalue weighted by molar-refractivity contribution is 6.43. The van der Waals surface area contributed by atoms with Crippen LogP contribution < -0.4 is 4.90 Å². The van der Waals surface area contributed by atoms with Gasteiger partial charge in [0.05, 0.1) is 0 Å². The fourth-order valence-electron chi connectivity index (χ4n) is 7.54. The van der Waals surface area contributed by atoms with E-state index in [1.807, 2.05) is 0 Å². The van der Waals surface area contributed by atoms with Crippen molar-refractivity contribution in [1.29, 1.82) is 0 Å². The molecule has 5 atom stereocenters. The lowest BCUT2D eigenvalue weighted by atomic mass is 9.59. The molecule has 39 heavy (non-hydrogen) atoms. The summed E-state index contributed by atoms with van der Waals surface area (Å²) < 4.78 is 0. The molecule has 2 heteroatoms. The molecule has 0 saturated heterocycles. The zero-order chi connectivity index (χ0) is 25.8. The van der Waals surface area contributed by atoms with Gasteiger partial charge in [-0.2, -0.15) is 0 Å². The van der Waals surface area contributed by atoms with Gasteiger partial charge in [0.1, 0.15) is 0 Å². The second-order valence-corrected chi connectivity index (χ2v) is 11.6. The number of benzene rings is 3. The Morgan fingerprint density at radius 1 is 0.744 bits per heavy atom. The van der Waals surface area contributed by atoms with Crippen LogP contribution in [0.5, 0.6) is 0 Å². The molecule has 1 nitrogen and oxygen atoms in total. The van der Waals surface area contributed by atoms with Crippen LogP contribution in [0.4, 0.5) is 11.4 Å². The number of allylic oxidation sites excluding steroid dienone is 10. The first-order valence-corrected chi connectivity index (χ1v) is 14.5. The standard InChI is InChI=1S/C37H32BN/c1-2-6-25(7-3-1)30-14-18-34-36(23-30)39(35-19-15-31-24-38-21-20-33(31)37(34)35)32-16-12-27(13-17-32)29-11-10-26-8-4-5-9-28(26)22-29/h1-18,20-23,26,28,33,35,37-38H,19,24H2. The highest BCUT2D eigenvalue weighted by atomic mass is 15.2. The zero-order valence-corrected chi connectivity index (χ0v) is 22.2. The van der Waals surface area contributed by atoms with Crippen LogP contribution in [0.3, 0.4) is 0 Å². The first-order chi connectivity index (χ1) is 19.3. The third kappa shape index (κ3) is 3.85. The van der Waals surface area contributed by atoms with Crippen LogP contribution in [-0.2, 0) is 0 Å². The Morgan fingerprint density at radius 3 is 2.44 bits per heavy atom. The van der Waals surface area contributed by atoms with E-state index in [4.69, 9.17) is 0 Å². The lowest BCUT2D eigenvalue weighted by Gasteiger charge is -2.38. The van der Waals surface area contributed by atoms with E-state index in [9.17, 15) is 0 Å². The van der Waals surface area contributed by atoms with Crippen molar-refractivity contribution in [2.45, 2.75) is 24.7 Å². The molecule has 0 aromatic heterocycles. The van der Waals surface area contributed by atoms with E-state index >= 15 is 0 Å². The summed E-state index contributed by atoms with van der Waals surface area (Å²) in [5.74, 6) is 4.39. The minimum absolute atomic E-state index is 0.446. The summed E-state index contributed by atoms with van der Waals surface area (Å²) in [4.78, 5) is 2.65. The summed E-state index contributed by atoms with van der Waals surface area (Å²) in [6, 6.07) is 27.8. The molecular formula is C37H32BN. The third-order valence-electron chi connectivity index (χ3n) is 9.45. The fraction of sp³-hybridized carbons (Fsp3) is 0.189. The molecule has 3 aromatic carbocycles. The Labute approximate surface area is 232 Å². The Kier molecular flexibility index (Phi) is 5.47. The smallest absolute Gasteiger partial charge is 0.151 e. The molecule has 0 bridgehead atoms. The first kappa shape index (κ1) is 22.9. The second-order valence-electron chi connectivity index (χ2n) is 11.6. The predicted molar refractivity (Wildman–Crippen MR) is 167 cm³/mol. The van der Waals surface area contributed by atoms with E-state index in [1.165, 1.54) is 52.8 Å². The molecule has 0 radical (unpaired) electrons. The summed E-state index contributed by atoms with van der Waals surface area (Å²) in [5, 5.41) is 0. The van der Waals surface area contributed by atoms with Crippen LogP contribution in [0.1, 0.15) is 23.5 Å². The topological polar surface area (TPSA) is 3.24 Å². The molecule has 0 N–H and O–H groups in total. The molecule has 2 heterocycles. The maximum atomic E-state index is 2.65. The van der Waals surface area contributed by atoms with Crippen LogP contribution in [-0.4, -0.2) is 13.3 Å². The van der Waals surface area contributed by atoms with Gasteiger partial charge >= 0.3 is 0 Å². The highest BCUT2D eigenvalue weighted by Crippen LogP contribution is 2.55. The summed E-state index contributed by atoms with van der Waals surface area (Å²) in [5.41, 5.74) is 11.0. The van der Waals surface area contributed by atoms with E-state index in [-0.39, 0.29) is 0 Å². The fourth-order valence-corrected chi connectivity index (χ4v) is 7.54. The summed E-state index contributed by atoms with van der Waals surface area (Å²) in [7, 11) is 1.18. The van der Waals surface area contributed by atoms with Crippen molar-refractivity contribution in [2.75, 3.05) is 4.90 Å². The molecular weight excluding hydrogens is 469 g/mol. The number of anilines is 2. The predicted octanol–water partition coefficient (Wildman–Crippen LogP) is 8.60. The van der Waals surface area contributed by atoms with Crippen LogP contribution in [0.2, 0.25) is 6.32 Å².